The first-order chi connectivity index (χ1) is 17.2. The van der Waals surface area contributed by atoms with Crippen LogP contribution in [0.15, 0.2) is 78.2 Å². The highest BCUT2D eigenvalue weighted by Gasteiger charge is 2.45. The van der Waals surface area contributed by atoms with Crippen molar-refractivity contribution in [3.63, 3.8) is 0 Å². The summed E-state index contributed by atoms with van der Waals surface area (Å²) in [5, 5.41) is 8.70. The molecule has 0 unspecified atom stereocenters. The van der Waals surface area contributed by atoms with Gasteiger partial charge in [0.2, 0.25) is 0 Å². The van der Waals surface area contributed by atoms with Crippen molar-refractivity contribution >= 4 is 11.6 Å². The number of ether oxygens (including phenoxy) is 2. The molecule has 1 aliphatic heterocycles. The number of benzene rings is 2. The zero-order valence-electron chi connectivity index (χ0n) is 20.0. The molecule has 1 saturated heterocycles. The van der Waals surface area contributed by atoms with Crippen LogP contribution in [0, 0.1) is 11.8 Å². The second kappa shape index (κ2) is 10.3. The second-order valence-electron chi connectivity index (χ2n) is 9.03. The molecular weight excluding hydrogens is 440 g/mol. The Bertz CT molecular complexity index is 1150. The molecule has 1 amide bonds. The fourth-order valence-corrected chi connectivity index (χ4v) is 5.41. The van der Waals surface area contributed by atoms with Gasteiger partial charge in [-0.05, 0) is 60.4 Å². The van der Waals surface area contributed by atoms with Crippen LogP contribution in [0.5, 0.6) is 11.5 Å². The molecule has 35 heavy (non-hydrogen) atoms. The van der Waals surface area contributed by atoms with Crippen LogP contribution in [0.3, 0.4) is 0 Å². The molecule has 2 aromatic carbocycles. The average molecular weight is 471 g/mol. The Kier molecular flexibility index (Phi) is 6.77. The van der Waals surface area contributed by atoms with Crippen LogP contribution in [-0.4, -0.2) is 30.8 Å². The standard InChI is InChI=1S/C28H30N4O3/c1-34-21-8-3-6-19(16-21)25-23-10-5-11-24(26(30-25)20-7-4-9-22(17-20)35-2)27(23)31-32-28(33)18-12-14-29-15-13-18/h3-4,6-9,12-17,23-26,30H,5,10-11H2,1-2H3,(H,32,33)/t23-,24+,25+,26-. The van der Waals surface area contributed by atoms with E-state index < -0.39 is 0 Å². The van der Waals surface area contributed by atoms with Crippen LogP contribution in [0.1, 0.15) is 52.8 Å². The van der Waals surface area contributed by atoms with Gasteiger partial charge < -0.3 is 14.8 Å². The number of rotatable bonds is 6. The van der Waals surface area contributed by atoms with Crippen molar-refractivity contribution < 1.29 is 14.3 Å². The van der Waals surface area contributed by atoms with Crippen LogP contribution < -0.4 is 20.2 Å². The van der Waals surface area contributed by atoms with Crippen molar-refractivity contribution in [2.45, 2.75) is 31.3 Å². The number of aromatic nitrogens is 1. The molecule has 3 aromatic rings. The van der Waals surface area contributed by atoms with E-state index in [0.717, 1.165) is 47.6 Å². The molecule has 2 fully saturated rings. The van der Waals surface area contributed by atoms with E-state index >= 15 is 0 Å². The molecule has 1 aliphatic carbocycles. The third kappa shape index (κ3) is 4.77. The van der Waals surface area contributed by atoms with Gasteiger partial charge in [0.05, 0.1) is 14.2 Å². The van der Waals surface area contributed by atoms with Gasteiger partial charge in [0.15, 0.2) is 0 Å². The summed E-state index contributed by atoms with van der Waals surface area (Å²) in [7, 11) is 3.37. The van der Waals surface area contributed by atoms with Crippen molar-refractivity contribution in [1.29, 1.82) is 0 Å². The Balaban J connectivity index is 1.54. The molecule has 7 heteroatoms. The monoisotopic (exact) mass is 470 g/mol. The lowest BCUT2D eigenvalue weighted by molar-refractivity contribution is 0.0953. The fourth-order valence-electron chi connectivity index (χ4n) is 5.41. The van der Waals surface area contributed by atoms with Gasteiger partial charge in [-0.2, -0.15) is 5.10 Å². The van der Waals surface area contributed by atoms with Gasteiger partial charge in [-0.15, -0.1) is 0 Å². The molecule has 2 N–H and O–H groups in total. The normalized spacial score (nSPS) is 24.6. The van der Waals surface area contributed by atoms with Gasteiger partial charge in [0, 0.05) is 47.6 Å². The average Bonchev–Trinajstić information content (AvgIpc) is 2.92. The smallest absolute Gasteiger partial charge is 0.271 e. The van der Waals surface area contributed by atoms with Gasteiger partial charge in [-0.25, -0.2) is 5.43 Å². The van der Waals surface area contributed by atoms with Gasteiger partial charge in [0.25, 0.3) is 5.91 Å². The summed E-state index contributed by atoms with van der Waals surface area (Å²) in [6, 6.07) is 19.8. The number of carbonyl (C=O) groups is 1. The zero-order chi connectivity index (χ0) is 24.2. The van der Waals surface area contributed by atoms with E-state index in [1.165, 1.54) is 0 Å². The van der Waals surface area contributed by atoms with E-state index in [1.807, 2.05) is 24.3 Å². The van der Waals surface area contributed by atoms with Crippen LogP contribution in [0.2, 0.25) is 0 Å². The Morgan fingerprint density at radius 1 is 0.914 bits per heavy atom. The highest BCUT2D eigenvalue weighted by atomic mass is 16.5. The number of amides is 1. The Hall–Kier alpha value is -3.71. The van der Waals surface area contributed by atoms with Gasteiger partial charge in [-0.3, -0.25) is 9.78 Å². The summed E-state index contributed by atoms with van der Waals surface area (Å²) in [5.74, 6) is 1.75. The predicted octanol–water partition coefficient (Wildman–Crippen LogP) is 4.69. The summed E-state index contributed by atoms with van der Waals surface area (Å²) in [6.07, 6.45) is 6.33. The van der Waals surface area contributed by atoms with Crippen molar-refractivity contribution in [2.75, 3.05) is 14.2 Å². The lowest BCUT2D eigenvalue weighted by Gasteiger charge is -2.47. The molecule has 0 spiro atoms. The van der Waals surface area contributed by atoms with E-state index in [1.54, 1.807) is 38.7 Å². The number of methoxy groups -OCH3 is 2. The minimum absolute atomic E-state index is 0.0365. The molecule has 0 radical (unpaired) electrons. The number of nitrogens with zero attached hydrogens (tertiary/aromatic N) is 2. The van der Waals surface area contributed by atoms with Crippen molar-refractivity contribution in [3.8, 4) is 11.5 Å². The molecule has 4 atom stereocenters. The third-order valence-corrected chi connectivity index (χ3v) is 7.09. The predicted molar refractivity (Wildman–Crippen MR) is 135 cm³/mol. The largest absolute Gasteiger partial charge is 0.497 e. The summed E-state index contributed by atoms with van der Waals surface area (Å²) in [4.78, 5) is 16.8. The number of hydrazone groups is 1. The maximum absolute atomic E-state index is 12.8. The minimum Gasteiger partial charge on any atom is -0.497 e. The molecule has 7 nitrogen and oxygen atoms in total. The number of nitrogens with one attached hydrogen (secondary N) is 2. The SMILES string of the molecule is COc1cccc([C@H]2N[C@@H](c3cccc(OC)c3)[C@H]3CCC[C@@H]2C3=NNC(=O)c2ccncc2)c1. The molecular formula is C28H30N4O3. The Morgan fingerprint density at radius 3 is 2.03 bits per heavy atom. The lowest BCUT2D eigenvalue weighted by Crippen LogP contribution is -2.51. The summed E-state index contributed by atoms with van der Waals surface area (Å²) >= 11 is 0. The molecule has 1 saturated carbocycles. The Labute approximate surface area is 205 Å². The highest BCUT2D eigenvalue weighted by molar-refractivity contribution is 5.97. The molecule has 5 rings (SSSR count). The van der Waals surface area contributed by atoms with Gasteiger partial charge in [-0.1, -0.05) is 30.7 Å². The topological polar surface area (TPSA) is 84.8 Å². The third-order valence-electron chi connectivity index (χ3n) is 7.09. The molecule has 1 aromatic heterocycles. The fraction of sp³-hybridized carbons (Fsp3) is 0.321. The molecule has 2 heterocycles. The van der Waals surface area contributed by atoms with Crippen LogP contribution >= 0.6 is 0 Å². The van der Waals surface area contributed by atoms with Crippen molar-refractivity contribution in [3.05, 3.63) is 89.7 Å². The quantitative estimate of drug-likeness (QED) is 0.511. The first-order valence-corrected chi connectivity index (χ1v) is 12.0. The van der Waals surface area contributed by atoms with E-state index in [-0.39, 0.29) is 29.8 Å². The first kappa shape index (κ1) is 23.1. The molecule has 2 aliphatic rings. The lowest BCUT2D eigenvalue weighted by atomic mass is 9.67. The summed E-state index contributed by atoms with van der Waals surface area (Å²) < 4.78 is 11.0. The van der Waals surface area contributed by atoms with E-state index in [0.29, 0.717) is 5.56 Å². The number of piperidine rings is 1. The molecule has 2 bridgehead atoms. The maximum atomic E-state index is 12.8. The van der Waals surface area contributed by atoms with Gasteiger partial charge >= 0.3 is 0 Å². The van der Waals surface area contributed by atoms with E-state index in [4.69, 9.17) is 14.6 Å². The Morgan fingerprint density at radius 2 is 1.49 bits per heavy atom. The van der Waals surface area contributed by atoms with Gasteiger partial charge in [0.1, 0.15) is 11.5 Å². The van der Waals surface area contributed by atoms with E-state index in [2.05, 4.69) is 40.0 Å². The van der Waals surface area contributed by atoms with Crippen LogP contribution in [0.4, 0.5) is 0 Å². The number of pyridine rings is 1. The minimum atomic E-state index is -0.229. The maximum Gasteiger partial charge on any atom is 0.271 e. The zero-order valence-corrected chi connectivity index (χ0v) is 20.0. The second-order valence-corrected chi connectivity index (χ2v) is 9.03. The van der Waals surface area contributed by atoms with Crippen molar-refractivity contribution in [2.24, 2.45) is 16.9 Å². The first-order valence-electron chi connectivity index (χ1n) is 12.0. The summed E-state index contributed by atoms with van der Waals surface area (Å²) in [6.45, 7) is 0. The molecule has 180 valence electrons. The number of carbonyl (C=O) groups excluding carboxylic acids is 1. The van der Waals surface area contributed by atoms with E-state index in [9.17, 15) is 4.79 Å². The van der Waals surface area contributed by atoms with Crippen LogP contribution in [-0.2, 0) is 0 Å². The van der Waals surface area contributed by atoms with Crippen LogP contribution in [0.25, 0.3) is 0 Å². The number of hydrogen-bond acceptors (Lipinski definition) is 6. The number of fused-ring (bicyclic) bond motifs is 2. The number of hydrogen-bond donors (Lipinski definition) is 2. The highest BCUT2D eigenvalue weighted by Crippen LogP contribution is 2.47. The van der Waals surface area contributed by atoms with Crippen molar-refractivity contribution in [1.82, 2.24) is 15.7 Å². The summed E-state index contributed by atoms with van der Waals surface area (Å²) in [5.41, 5.74) is 6.71.